The first-order valence-electron chi connectivity index (χ1n) is 8.93. The van der Waals surface area contributed by atoms with Crippen LogP contribution < -0.4 is 0 Å². The zero-order valence-electron chi connectivity index (χ0n) is 15.8. The predicted molar refractivity (Wildman–Crippen MR) is 114 cm³/mol. The quantitative estimate of drug-likeness (QED) is 0.215. The number of nitro groups is 1. The number of hydrogen-bond acceptors (Lipinski definition) is 5. The van der Waals surface area contributed by atoms with E-state index in [0.29, 0.717) is 5.56 Å². The van der Waals surface area contributed by atoms with Gasteiger partial charge in [-0.3, -0.25) is 10.1 Å². The first kappa shape index (κ1) is 20.4. The second kappa shape index (κ2) is 9.71. The van der Waals surface area contributed by atoms with Crippen molar-refractivity contribution in [3.63, 3.8) is 0 Å². The van der Waals surface area contributed by atoms with Gasteiger partial charge in [0.2, 0.25) is 0 Å². The molecule has 3 rings (SSSR count). The van der Waals surface area contributed by atoms with Crippen LogP contribution in [0.3, 0.4) is 0 Å². The van der Waals surface area contributed by atoms with Crippen LogP contribution in [0.4, 0.5) is 5.69 Å². The van der Waals surface area contributed by atoms with Crippen LogP contribution in [0.25, 0.3) is 6.08 Å². The Kier molecular flexibility index (Phi) is 6.81. The molecule has 5 nitrogen and oxygen atoms in total. The highest BCUT2D eigenvalue weighted by Gasteiger charge is 2.13. The highest BCUT2D eigenvalue weighted by molar-refractivity contribution is 7.99. The molecule has 0 bridgehead atoms. The molecule has 3 aromatic rings. The highest BCUT2D eigenvalue weighted by Crippen LogP contribution is 2.33. The lowest BCUT2D eigenvalue weighted by Gasteiger charge is -2.10. The molecular weight excluding hydrogens is 386 g/mol. The van der Waals surface area contributed by atoms with E-state index in [0.717, 1.165) is 20.9 Å². The predicted octanol–water partition coefficient (Wildman–Crippen LogP) is 5.81. The minimum atomic E-state index is -0.508. The second-order valence-electron chi connectivity index (χ2n) is 6.32. The lowest BCUT2D eigenvalue weighted by Crippen LogP contribution is -2.02. The van der Waals surface area contributed by atoms with Gasteiger partial charge in [0.25, 0.3) is 5.69 Å². The first-order valence-corrected chi connectivity index (χ1v) is 9.74. The Balaban J connectivity index is 1.74. The summed E-state index contributed by atoms with van der Waals surface area (Å²) in [6.07, 6.45) is 3.01. The van der Waals surface area contributed by atoms with E-state index in [9.17, 15) is 14.9 Å². The van der Waals surface area contributed by atoms with Crippen molar-refractivity contribution < 1.29 is 14.5 Å². The summed E-state index contributed by atoms with van der Waals surface area (Å²) < 4.78 is 5.32. The van der Waals surface area contributed by atoms with Crippen molar-refractivity contribution in [1.82, 2.24) is 0 Å². The molecule has 0 N–H and O–H groups in total. The number of benzene rings is 3. The Morgan fingerprint density at radius 2 is 1.79 bits per heavy atom. The normalized spacial score (nSPS) is 10.8. The number of carbonyl (C=O) groups is 1. The molecule has 0 aliphatic rings. The van der Waals surface area contributed by atoms with Gasteiger partial charge < -0.3 is 4.74 Å². The van der Waals surface area contributed by atoms with E-state index >= 15 is 0 Å². The minimum Gasteiger partial charge on any atom is -0.458 e. The summed E-state index contributed by atoms with van der Waals surface area (Å²) >= 11 is 1.47. The number of esters is 1. The lowest BCUT2D eigenvalue weighted by molar-refractivity contribution is -0.385. The van der Waals surface area contributed by atoms with Crippen LogP contribution in [-0.4, -0.2) is 10.9 Å². The molecule has 0 atom stereocenters. The molecule has 146 valence electrons. The topological polar surface area (TPSA) is 69.4 Å². The molecule has 6 heteroatoms. The van der Waals surface area contributed by atoms with Crippen molar-refractivity contribution in [2.24, 2.45) is 0 Å². The number of nitro benzene ring substituents is 1. The Hall–Kier alpha value is -3.38. The summed E-state index contributed by atoms with van der Waals surface area (Å²) in [5.41, 5.74) is 2.59. The largest absolute Gasteiger partial charge is 0.458 e. The van der Waals surface area contributed by atoms with Crippen molar-refractivity contribution in [3.8, 4) is 0 Å². The number of ether oxygens (including phenoxy) is 1. The third-order valence-electron chi connectivity index (χ3n) is 4.09. The summed E-state index contributed by atoms with van der Waals surface area (Å²) in [5.74, 6) is -0.508. The van der Waals surface area contributed by atoms with Crippen LogP contribution in [0, 0.1) is 17.0 Å². The second-order valence-corrected chi connectivity index (χ2v) is 7.43. The fourth-order valence-corrected chi connectivity index (χ4v) is 3.46. The van der Waals surface area contributed by atoms with Crippen LogP contribution >= 0.6 is 11.8 Å². The van der Waals surface area contributed by atoms with Gasteiger partial charge in [-0.25, -0.2) is 4.79 Å². The van der Waals surface area contributed by atoms with Gasteiger partial charge in [0, 0.05) is 33.6 Å². The maximum Gasteiger partial charge on any atom is 0.331 e. The molecule has 0 aliphatic carbocycles. The highest BCUT2D eigenvalue weighted by atomic mass is 32.2. The molecule has 0 radical (unpaired) electrons. The summed E-state index contributed by atoms with van der Waals surface area (Å²) in [6.45, 7) is 1.96. The summed E-state index contributed by atoms with van der Waals surface area (Å²) in [6, 6.07) is 22.0. The van der Waals surface area contributed by atoms with Gasteiger partial charge in [-0.2, -0.15) is 0 Å². The average Bonchev–Trinajstić information content (AvgIpc) is 2.73. The maximum absolute atomic E-state index is 12.1. The Morgan fingerprint density at radius 1 is 1.07 bits per heavy atom. The van der Waals surface area contributed by atoms with Gasteiger partial charge in [0.15, 0.2) is 0 Å². The van der Waals surface area contributed by atoms with Crippen LogP contribution in [0.2, 0.25) is 0 Å². The average molecular weight is 405 g/mol. The zero-order valence-corrected chi connectivity index (χ0v) is 16.6. The number of hydrogen-bond donors (Lipinski definition) is 0. The van der Waals surface area contributed by atoms with E-state index in [4.69, 9.17) is 4.74 Å². The van der Waals surface area contributed by atoms with Gasteiger partial charge in [0.1, 0.15) is 6.61 Å². The molecule has 0 aliphatic heterocycles. The monoisotopic (exact) mass is 405 g/mol. The molecule has 0 saturated carbocycles. The van der Waals surface area contributed by atoms with E-state index in [1.54, 1.807) is 12.1 Å². The molecule has 3 aromatic carbocycles. The molecule has 0 saturated heterocycles. The number of aryl methyl sites for hydroxylation is 1. The fourth-order valence-electron chi connectivity index (χ4n) is 2.55. The molecule has 0 fully saturated rings. The van der Waals surface area contributed by atoms with E-state index in [2.05, 4.69) is 0 Å². The van der Waals surface area contributed by atoms with Gasteiger partial charge >= 0.3 is 5.97 Å². The van der Waals surface area contributed by atoms with E-state index in [1.165, 1.54) is 30.0 Å². The van der Waals surface area contributed by atoms with E-state index < -0.39 is 10.9 Å². The van der Waals surface area contributed by atoms with Gasteiger partial charge in [0.05, 0.1) is 4.92 Å². The Bertz CT molecular complexity index is 1030. The lowest BCUT2D eigenvalue weighted by atomic mass is 10.2. The molecule has 0 aromatic heterocycles. The molecule has 0 spiro atoms. The zero-order chi connectivity index (χ0) is 20.6. The Morgan fingerprint density at radius 3 is 2.48 bits per heavy atom. The number of rotatable bonds is 7. The fraction of sp³-hybridized carbons (Fsp3) is 0.0870. The minimum absolute atomic E-state index is 0.0378. The van der Waals surface area contributed by atoms with Crippen molar-refractivity contribution >= 4 is 29.5 Å². The van der Waals surface area contributed by atoms with Gasteiger partial charge in [-0.1, -0.05) is 59.8 Å². The molecule has 29 heavy (non-hydrogen) atoms. The van der Waals surface area contributed by atoms with Crippen LogP contribution in [0.1, 0.15) is 16.7 Å². The number of carbonyl (C=O) groups excluding carboxylic acids is 1. The third-order valence-corrected chi connectivity index (χ3v) is 5.21. The summed E-state index contributed by atoms with van der Waals surface area (Å²) in [7, 11) is 0. The van der Waals surface area contributed by atoms with Crippen molar-refractivity contribution in [2.45, 2.75) is 23.3 Å². The van der Waals surface area contributed by atoms with Gasteiger partial charge in [-0.15, -0.1) is 0 Å². The van der Waals surface area contributed by atoms with E-state index in [-0.39, 0.29) is 12.3 Å². The van der Waals surface area contributed by atoms with Crippen LogP contribution in [0.5, 0.6) is 0 Å². The van der Waals surface area contributed by atoms with Crippen molar-refractivity contribution in [3.05, 3.63) is 106 Å². The Labute approximate surface area is 173 Å². The third kappa shape index (κ3) is 6.05. The molecular formula is C23H19NO4S. The molecule has 0 amide bonds. The molecule has 0 heterocycles. The first-order chi connectivity index (χ1) is 14.0. The standard InChI is InChI=1S/C23H19NO4S/c1-17-7-11-21(12-8-17)29-22-13-10-20(24(26)27)15-19(22)16-28-23(25)14-9-18-5-3-2-4-6-18/h2-15H,16H2,1H3/b14-9+. The maximum atomic E-state index is 12.1. The number of nitrogens with zero attached hydrogens (tertiary/aromatic N) is 1. The van der Waals surface area contributed by atoms with Crippen molar-refractivity contribution in [1.29, 1.82) is 0 Å². The summed E-state index contributed by atoms with van der Waals surface area (Å²) in [4.78, 5) is 24.6. The summed E-state index contributed by atoms with van der Waals surface area (Å²) in [5, 5.41) is 11.1. The van der Waals surface area contributed by atoms with E-state index in [1.807, 2.05) is 61.5 Å². The van der Waals surface area contributed by atoms with Crippen LogP contribution in [-0.2, 0) is 16.1 Å². The number of non-ortho nitro benzene ring substituents is 1. The molecule has 0 unspecified atom stereocenters. The van der Waals surface area contributed by atoms with Crippen LogP contribution in [0.15, 0.2) is 88.7 Å². The van der Waals surface area contributed by atoms with Gasteiger partial charge in [-0.05, 0) is 36.8 Å². The SMILES string of the molecule is Cc1ccc(Sc2ccc([N+](=O)[O-])cc2COC(=O)/C=C/c2ccccc2)cc1. The smallest absolute Gasteiger partial charge is 0.331 e. The van der Waals surface area contributed by atoms with Crippen molar-refractivity contribution in [2.75, 3.05) is 0 Å².